The zero-order chi connectivity index (χ0) is 14.2. The van der Waals surface area contributed by atoms with Crippen molar-refractivity contribution < 1.29 is 4.79 Å². The topological polar surface area (TPSA) is 44.4 Å². The van der Waals surface area contributed by atoms with Crippen molar-refractivity contribution in [2.75, 3.05) is 39.3 Å². The summed E-state index contributed by atoms with van der Waals surface area (Å²) in [6.07, 6.45) is 1.46. The Labute approximate surface area is 141 Å². The number of rotatable bonds is 6. The van der Waals surface area contributed by atoms with E-state index in [1.807, 2.05) is 24.3 Å². The maximum atomic E-state index is 11.9. The van der Waals surface area contributed by atoms with E-state index in [-0.39, 0.29) is 18.3 Å². The predicted molar refractivity (Wildman–Crippen MR) is 92.0 cm³/mol. The predicted octanol–water partition coefficient (Wildman–Crippen LogP) is 1.82. The van der Waals surface area contributed by atoms with Crippen LogP contribution in [0.1, 0.15) is 12.0 Å². The lowest BCUT2D eigenvalue weighted by atomic mass is 10.1. The first-order valence-corrected chi connectivity index (χ1v) is 7.98. The number of halogens is 2. The van der Waals surface area contributed by atoms with Crippen LogP contribution in [0.4, 0.5) is 0 Å². The molecular weight excluding hydrogens is 354 g/mol. The fourth-order valence-corrected chi connectivity index (χ4v) is 2.77. The Morgan fingerprint density at radius 3 is 2.71 bits per heavy atom. The molecule has 0 unspecified atom stereocenters. The molecule has 1 aliphatic heterocycles. The van der Waals surface area contributed by atoms with Crippen LogP contribution in [0, 0.1) is 0 Å². The van der Waals surface area contributed by atoms with Gasteiger partial charge in [-0.25, -0.2) is 0 Å². The molecule has 0 radical (unpaired) electrons. The maximum absolute atomic E-state index is 11.9. The SMILES string of the molecule is Cl.O=C(Cc1ccccc1Br)NCCCN1CCNCC1. The molecule has 0 atom stereocenters. The summed E-state index contributed by atoms with van der Waals surface area (Å²) in [7, 11) is 0. The van der Waals surface area contributed by atoms with E-state index in [1.54, 1.807) is 0 Å². The number of carbonyl (C=O) groups excluding carboxylic acids is 1. The molecule has 2 rings (SSSR count). The zero-order valence-electron chi connectivity index (χ0n) is 12.1. The standard InChI is InChI=1S/C15H22BrN3O.ClH/c16-14-5-2-1-4-13(14)12-15(20)18-6-3-9-19-10-7-17-8-11-19;/h1-2,4-5,17H,3,6-12H2,(H,18,20);1H. The second kappa shape index (κ2) is 10.2. The molecule has 21 heavy (non-hydrogen) atoms. The van der Waals surface area contributed by atoms with Gasteiger partial charge in [0.05, 0.1) is 6.42 Å². The molecule has 0 bridgehead atoms. The summed E-state index contributed by atoms with van der Waals surface area (Å²) in [6, 6.07) is 7.86. The smallest absolute Gasteiger partial charge is 0.224 e. The van der Waals surface area contributed by atoms with E-state index in [1.165, 1.54) is 0 Å². The van der Waals surface area contributed by atoms with Crippen LogP contribution in [0.25, 0.3) is 0 Å². The highest BCUT2D eigenvalue weighted by molar-refractivity contribution is 9.10. The van der Waals surface area contributed by atoms with Gasteiger partial charge in [-0.05, 0) is 24.6 Å². The monoisotopic (exact) mass is 375 g/mol. The van der Waals surface area contributed by atoms with E-state index in [2.05, 4.69) is 31.5 Å². The van der Waals surface area contributed by atoms with Crippen LogP contribution in [0.2, 0.25) is 0 Å². The van der Waals surface area contributed by atoms with Gasteiger partial charge in [-0.2, -0.15) is 0 Å². The Kier molecular flexibility index (Phi) is 8.92. The lowest BCUT2D eigenvalue weighted by molar-refractivity contribution is -0.120. The Bertz CT molecular complexity index is 439. The Hall–Kier alpha value is -0.620. The normalized spacial score (nSPS) is 15.3. The van der Waals surface area contributed by atoms with Gasteiger partial charge in [-0.15, -0.1) is 12.4 Å². The lowest BCUT2D eigenvalue weighted by Gasteiger charge is -2.27. The van der Waals surface area contributed by atoms with Gasteiger partial charge >= 0.3 is 0 Å². The van der Waals surface area contributed by atoms with Crippen molar-refractivity contribution in [1.82, 2.24) is 15.5 Å². The number of piperazine rings is 1. The molecule has 0 aliphatic carbocycles. The lowest BCUT2D eigenvalue weighted by Crippen LogP contribution is -2.44. The van der Waals surface area contributed by atoms with Crippen molar-refractivity contribution >= 4 is 34.2 Å². The number of hydrogen-bond donors (Lipinski definition) is 2. The van der Waals surface area contributed by atoms with Crippen LogP contribution in [-0.4, -0.2) is 50.1 Å². The molecule has 6 heteroatoms. The summed E-state index contributed by atoms with van der Waals surface area (Å²) < 4.78 is 0.996. The molecule has 1 heterocycles. The first-order valence-electron chi connectivity index (χ1n) is 7.19. The molecule has 0 aromatic heterocycles. The summed E-state index contributed by atoms with van der Waals surface area (Å²) in [5.41, 5.74) is 1.03. The summed E-state index contributed by atoms with van der Waals surface area (Å²) in [5.74, 6) is 0.0946. The van der Waals surface area contributed by atoms with Gasteiger partial charge in [0.2, 0.25) is 5.91 Å². The van der Waals surface area contributed by atoms with Gasteiger partial charge in [0.1, 0.15) is 0 Å². The molecular formula is C15H23BrClN3O. The highest BCUT2D eigenvalue weighted by Gasteiger charge is 2.09. The van der Waals surface area contributed by atoms with Crippen molar-refractivity contribution in [3.8, 4) is 0 Å². The number of benzene rings is 1. The summed E-state index contributed by atoms with van der Waals surface area (Å²) in [6.45, 7) is 6.21. The first-order chi connectivity index (χ1) is 9.75. The molecule has 1 amide bonds. The highest BCUT2D eigenvalue weighted by atomic mass is 79.9. The third-order valence-corrected chi connectivity index (χ3v) is 4.27. The van der Waals surface area contributed by atoms with Crippen LogP contribution in [0.3, 0.4) is 0 Å². The molecule has 0 spiro atoms. The third-order valence-electron chi connectivity index (χ3n) is 3.49. The van der Waals surface area contributed by atoms with Gasteiger partial charge in [-0.3, -0.25) is 4.79 Å². The van der Waals surface area contributed by atoms with Crippen molar-refractivity contribution in [2.45, 2.75) is 12.8 Å². The minimum Gasteiger partial charge on any atom is -0.356 e. The molecule has 4 nitrogen and oxygen atoms in total. The van der Waals surface area contributed by atoms with E-state index in [0.29, 0.717) is 6.42 Å². The fourth-order valence-electron chi connectivity index (χ4n) is 2.34. The second-order valence-electron chi connectivity index (χ2n) is 5.06. The van der Waals surface area contributed by atoms with E-state index >= 15 is 0 Å². The maximum Gasteiger partial charge on any atom is 0.224 e. The van der Waals surface area contributed by atoms with Crippen molar-refractivity contribution in [1.29, 1.82) is 0 Å². The van der Waals surface area contributed by atoms with Gasteiger partial charge in [0.25, 0.3) is 0 Å². The second-order valence-corrected chi connectivity index (χ2v) is 5.92. The number of carbonyl (C=O) groups is 1. The number of amides is 1. The quantitative estimate of drug-likeness (QED) is 0.745. The van der Waals surface area contributed by atoms with E-state index in [0.717, 1.165) is 55.7 Å². The molecule has 118 valence electrons. The van der Waals surface area contributed by atoms with E-state index < -0.39 is 0 Å². The Balaban J connectivity index is 0.00000220. The van der Waals surface area contributed by atoms with Crippen LogP contribution in [0.5, 0.6) is 0 Å². The van der Waals surface area contributed by atoms with Gasteiger partial charge in [0.15, 0.2) is 0 Å². The number of hydrogen-bond acceptors (Lipinski definition) is 3. The van der Waals surface area contributed by atoms with Crippen molar-refractivity contribution in [3.63, 3.8) is 0 Å². The highest BCUT2D eigenvalue weighted by Crippen LogP contribution is 2.16. The summed E-state index contributed by atoms with van der Waals surface area (Å²) >= 11 is 3.47. The van der Waals surface area contributed by atoms with Gasteiger partial charge in [-0.1, -0.05) is 34.1 Å². The number of nitrogens with one attached hydrogen (secondary N) is 2. The van der Waals surface area contributed by atoms with E-state index in [9.17, 15) is 4.79 Å². The molecule has 1 aromatic rings. The molecule has 1 aromatic carbocycles. The minimum atomic E-state index is 0. The van der Waals surface area contributed by atoms with Crippen molar-refractivity contribution in [3.05, 3.63) is 34.3 Å². The molecule has 1 fully saturated rings. The van der Waals surface area contributed by atoms with Gasteiger partial charge < -0.3 is 15.5 Å². The Morgan fingerprint density at radius 1 is 1.29 bits per heavy atom. The van der Waals surface area contributed by atoms with Gasteiger partial charge in [0, 0.05) is 37.2 Å². The zero-order valence-corrected chi connectivity index (χ0v) is 14.5. The molecule has 1 aliphatic rings. The average molecular weight is 377 g/mol. The minimum absolute atomic E-state index is 0. The third kappa shape index (κ3) is 6.78. The molecule has 1 saturated heterocycles. The van der Waals surface area contributed by atoms with Crippen LogP contribution >= 0.6 is 28.3 Å². The Morgan fingerprint density at radius 2 is 2.00 bits per heavy atom. The number of nitrogens with zero attached hydrogens (tertiary/aromatic N) is 1. The summed E-state index contributed by atoms with van der Waals surface area (Å²) in [4.78, 5) is 14.3. The van der Waals surface area contributed by atoms with Crippen LogP contribution in [0.15, 0.2) is 28.7 Å². The average Bonchev–Trinajstić information content (AvgIpc) is 2.47. The molecule has 0 saturated carbocycles. The van der Waals surface area contributed by atoms with Crippen LogP contribution in [-0.2, 0) is 11.2 Å². The first kappa shape index (κ1) is 18.4. The van der Waals surface area contributed by atoms with E-state index in [4.69, 9.17) is 0 Å². The largest absolute Gasteiger partial charge is 0.356 e. The van der Waals surface area contributed by atoms with Crippen LogP contribution < -0.4 is 10.6 Å². The molecule has 2 N–H and O–H groups in total. The van der Waals surface area contributed by atoms with Crippen molar-refractivity contribution in [2.24, 2.45) is 0 Å². The fraction of sp³-hybridized carbons (Fsp3) is 0.533. The summed E-state index contributed by atoms with van der Waals surface area (Å²) in [5, 5.41) is 6.34.